The fourth-order valence-electron chi connectivity index (χ4n) is 2.43. The molecular weight excluding hydrogens is 375 g/mol. The molecule has 1 unspecified atom stereocenters. The van der Waals surface area contributed by atoms with Crippen LogP contribution < -0.4 is 0 Å². The Morgan fingerprint density at radius 2 is 1.89 bits per heavy atom. The fourth-order valence-corrected chi connectivity index (χ4v) is 2.53. The number of carbonyl (C=O) groups excluding carboxylic acids is 2. The van der Waals surface area contributed by atoms with Crippen LogP contribution in [0, 0.1) is 5.41 Å². The molecule has 0 bridgehead atoms. The molecular formula is C17H24ClFN6O2. The summed E-state index contributed by atoms with van der Waals surface area (Å²) in [6.45, 7) is 6.24. The largest absolute Gasteiger partial charge is 0.298 e. The Kier molecular flexibility index (Phi) is 7.18. The van der Waals surface area contributed by atoms with Crippen LogP contribution in [-0.4, -0.2) is 53.6 Å². The van der Waals surface area contributed by atoms with Crippen molar-refractivity contribution in [1.29, 1.82) is 0 Å². The summed E-state index contributed by atoms with van der Waals surface area (Å²) in [4.78, 5) is 23.4. The molecule has 2 aromatic heterocycles. The van der Waals surface area contributed by atoms with E-state index in [0.29, 0.717) is 24.4 Å². The first kappa shape index (κ1) is 21.1. The molecule has 0 saturated carbocycles. The zero-order valence-electron chi connectivity index (χ0n) is 15.7. The number of hydrogen-bond donors (Lipinski definition) is 0. The highest BCUT2D eigenvalue weighted by Crippen LogP contribution is 2.20. The molecule has 10 heteroatoms. The second kappa shape index (κ2) is 9.16. The number of aromatic nitrogens is 6. The van der Waals surface area contributed by atoms with Gasteiger partial charge in [-0.2, -0.15) is 0 Å². The second-order valence-corrected chi connectivity index (χ2v) is 7.96. The van der Waals surface area contributed by atoms with Crippen LogP contribution in [0.3, 0.4) is 0 Å². The maximum atomic E-state index is 14.2. The molecule has 0 aliphatic carbocycles. The zero-order chi connectivity index (χ0) is 20.0. The Balaban J connectivity index is 1.81. The van der Waals surface area contributed by atoms with Crippen molar-refractivity contribution >= 4 is 23.2 Å². The third-order valence-electron chi connectivity index (χ3n) is 3.69. The van der Waals surface area contributed by atoms with Crippen molar-refractivity contribution in [3.05, 3.63) is 23.8 Å². The Bertz CT molecular complexity index is 782. The highest BCUT2D eigenvalue weighted by Gasteiger charge is 2.20. The van der Waals surface area contributed by atoms with Crippen molar-refractivity contribution in [3.63, 3.8) is 0 Å². The number of ketones is 2. The second-order valence-electron chi connectivity index (χ2n) is 7.69. The minimum absolute atomic E-state index is 0.0204. The van der Waals surface area contributed by atoms with E-state index in [1.54, 1.807) is 6.20 Å². The van der Waals surface area contributed by atoms with Gasteiger partial charge >= 0.3 is 0 Å². The summed E-state index contributed by atoms with van der Waals surface area (Å²) in [7, 11) is 0. The summed E-state index contributed by atoms with van der Waals surface area (Å²) in [5.74, 6) is -0.327. The predicted octanol–water partition coefficient (Wildman–Crippen LogP) is 2.27. The van der Waals surface area contributed by atoms with E-state index in [4.69, 9.17) is 11.6 Å². The Morgan fingerprint density at radius 1 is 1.19 bits per heavy atom. The van der Waals surface area contributed by atoms with Gasteiger partial charge in [-0.25, -0.2) is 9.07 Å². The molecule has 0 fully saturated rings. The lowest BCUT2D eigenvalue weighted by Crippen LogP contribution is -2.15. The molecule has 0 spiro atoms. The number of rotatable bonds is 10. The number of hydrogen-bond acceptors (Lipinski definition) is 6. The molecule has 8 nitrogen and oxygen atoms in total. The molecule has 0 amide bonds. The van der Waals surface area contributed by atoms with Crippen LogP contribution in [-0.2, 0) is 24.3 Å². The first-order valence-corrected chi connectivity index (χ1v) is 9.24. The van der Waals surface area contributed by atoms with Gasteiger partial charge in [0.1, 0.15) is 11.9 Å². The summed E-state index contributed by atoms with van der Waals surface area (Å²) in [6.07, 6.45) is 2.55. The summed E-state index contributed by atoms with van der Waals surface area (Å²) in [5, 5.41) is 15.4. The number of alkyl halides is 2. The minimum Gasteiger partial charge on any atom is -0.298 e. The van der Waals surface area contributed by atoms with E-state index >= 15 is 0 Å². The summed E-state index contributed by atoms with van der Waals surface area (Å²) < 4.78 is 17.0. The molecule has 0 radical (unpaired) electrons. The fraction of sp³-hybridized carbons (Fsp3) is 0.647. The first-order chi connectivity index (χ1) is 12.7. The molecule has 2 aromatic rings. The highest BCUT2D eigenvalue weighted by atomic mass is 35.5. The first-order valence-electron chi connectivity index (χ1n) is 8.70. The molecule has 0 aliphatic heterocycles. The lowest BCUT2D eigenvalue weighted by molar-refractivity contribution is -0.116. The zero-order valence-corrected chi connectivity index (χ0v) is 16.5. The summed E-state index contributed by atoms with van der Waals surface area (Å²) >= 11 is 5.45. The molecule has 0 N–H and O–H groups in total. The van der Waals surface area contributed by atoms with Gasteiger partial charge in [0.15, 0.2) is 11.6 Å². The molecule has 2 rings (SSSR count). The van der Waals surface area contributed by atoms with Crippen molar-refractivity contribution in [3.8, 4) is 0 Å². The lowest BCUT2D eigenvalue weighted by Gasteiger charge is -2.15. The topological polar surface area (TPSA) is 95.6 Å². The van der Waals surface area contributed by atoms with Crippen molar-refractivity contribution in [2.24, 2.45) is 5.41 Å². The standard InChI is InChI=1S/C17H24ClFN6O2/c1-17(2,3)7-16(27)15-11-24(23-21-15)5-4-12(19)9-25-10-13(20-22-25)6-14(26)8-18/h10-12H,4-9H2,1-3H3. The predicted molar refractivity (Wildman–Crippen MR) is 97.4 cm³/mol. The smallest absolute Gasteiger partial charge is 0.185 e. The highest BCUT2D eigenvalue weighted by molar-refractivity contribution is 6.27. The molecule has 0 aliphatic rings. The molecule has 27 heavy (non-hydrogen) atoms. The monoisotopic (exact) mass is 398 g/mol. The van der Waals surface area contributed by atoms with E-state index in [1.165, 1.54) is 15.6 Å². The van der Waals surface area contributed by atoms with Crippen LogP contribution in [0.4, 0.5) is 4.39 Å². The lowest BCUT2D eigenvalue weighted by atomic mass is 9.89. The summed E-state index contributed by atoms with van der Waals surface area (Å²) in [5.41, 5.74) is 0.631. The van der Waals surface area contributed by atoms with Gasteiger partial charge in [0.05, 0.1) is 30.7 Å². The molecule has 1 atom stereocenters. The Labute approximate surface area is 162 Å². The van der Waals surface area contributed by atoms with Gasteiger partial charge in [0, 0.05) is 25.6 Å². The van der Waals surface area contributed by atoms with Crippen LogP contribution in [0.15, 0.2) is 12.4 Å². The van der Waals surface area contributed by atoms with Gasteiger partial charge < -0.3 is 0 Å². The van der Waals surface area contributed by atoms with Crippen molar-refractivity contribution < 1.29 is 14.0 Å². The molecule has 2 heterocycles. The van der Waals surface area contributed by atoms with Crippen LogP contribution >= 0.6 is 11.6 Å². The van der Waals surface area contributed by atoms with E-state index in [2.05, 4.69) is 20.6 Å². The summed E-state index contributed by atoms with van der Waals surface area (Å²) in [6, 6.07) is 0. The third kappa shape index (κ3) is 7.16. The van der Waals surface area contributed by atoms with E-state index in [-0.39, 0.29) is 42.2 Å². The maximum Gasteiger partial charge on any atom is 0.185 e. The Morgan fingerprint density at radius 3 is 2.56 bits per heavy atom. The van der Waals surface area contributed by atoms with Crippen LogP contribution in [0.2, 0.25) is 0 Å². The van der Waals surface area contributed by atoms with E-state index in [0.717, 1.165) is 0 Å². The number of nitrogens with zero attached hydrogens (tertiary/aromatic N) is 6. The van der Waals surface area contributed by atoms with Gasteiger partial charge in [0.2, 0.25) is 0 Å². The van der Waals surface area contributed by atoms with Crippen LogP contribution in [0.25, 0.3) is 0 Å². The minimum atomic E-state index is -1.18. The maximum absolute atomic E-state index is 14.2. The van der Waals surface area contributed by atoms with E-state index < -0.39 is 6.17 Å². The van der Waals surface area contributed by atoms with E-state index in [9.17, 15) is 14.0 Å². The SMILES string of the molecule is CC(C)(C)CC(=O)c1cn(CCC(F)Cn2cc(CC(=O)CCl)nn2)nn1. The van der Waals surface area contributed by atoms with Gasteiger partial charge in [0.25, 0.3) is 0 Å². The van der Waals surface area contributed by atoms with Crippen molar-refractivity contribution in [1.82, 2.24) is 30.0 Å². The van der Waals surface area contributed by atoms with Gasteiger partial charge in [-0.15, -0.1) is 21.8 Å². The van der Waals surface area contributed by atoms with Crippen molar-refractivity contribution in [2.75, 3.05) is 5.88 Å². The van der Waals surface area contributed by atoms with Crippen molar-refractivity contribution in [2.45, 2.75) is 59.3 Å². The van der Waals surface area contributed by atoms with Gasteiger partial charge in [-0.3, -0.25) is 14.3 Å². The van der Waals surface area contributed by atoms with Crippen LogP contribution in [0.1, 0.15) is 49.8 Å². The average molecular weight is 399 g/mol. The number of Topliss-reactive ketones (excluding diaryl/α,β-unsaturated/α-hetero) is 2. The molecule has 148 valence electrons. The number of carbonyl (C=O) groups is 2. The van der Waals surface area contributed by atoms with Crippen LogP contribution in [0.5, 0.6) is 0 Å². The van der Waals surface area contributed by atoms with Gasteiger partial charge in [-0.05, 0) is 5.41 Å². The van der Waals surface area contributed by atoms with Gasteiger partial charge in [-0.1, -0.05) is 31.2 Å². The molecule has 0 aromatic carbocycles. The number of aryl methyl sites for hydroxylation is 1. The third-order valence-corrected chi connectivity index (χ3v) is 3.98. The normalized spacial score (nSPS) is 12.9. The molecule has 0 saturated heterocycles. The quantitative estimate of drug-likeness (QED) is 0.450. The Hall–Kier alpha value is -2.16. The van der Waals surface area contributed by atoms with E-state index in [1.807, 2.05) is 20.8 Å². The average Bonchev–Trinajstić information content (AvgIpc) is 3.21. The number of halogens is 2.